The van der Waals surface area contributed by atoms with Crippen LogP contribution < -0.4 is 5.32 Å². The molecule has 0 aliphatic heterocycles. The van der Waals surface area contributed by atoms with E-state index in [-0.39, 0.29) is 11.7 Å². The van der Waals surface area contributed by atoms with Crippen molar-refractivity contribution < 1.29 is 19.2 Å². The summed E-state index contributed by atoms with van der Waals surface area (Å²) in [5, 5.41) is 22.5. The maximum Gasteiger partial charge on any atom is 0.342 e. The van der Waals surface area contributed by atoms with E-state index in [9.17, 15) is 19.3 Å². The Labute approximate surface area is 119 Å². The number of halogens is 1. The van der Waals surface area contributed by atoms with Crippen LogP contribution in [0.3, 0.4) is 0 Å². The SMILES string of the molecule is CCSCC(C)Nc1cc(C(=O)O)c([N+](=O)[O-])cc1F. The summed E-state index contributed by atoms with van der Waals surface area (Å²) in [6.07, 6.45) is 0. The lowest BCUT2D eigenvalue weighted by atomic mass is 10.1. The van der Waals surface area contributed by atoms with Crippen molar-refractivity contribution in [2.24, 2.45) is 0 Å². The van der Waals surface area contributed by atoms with Crippen molar-refractivity contribution >= 4 is 29.1 Å². The first-order valence-corrected chi connectivity index (χ1v) is 7.07. The normalized spacial score (nSPS) is 11.9. The summed E-state index contributed by atoms with van der Waals surface area (Å²) in [4.78, 5) is 20.8. The zero-order valence-corrected chi connectivity index (χ0v) is 11.9. The summed E-state index contributed by atoms with van der Waals surface area (Å²) < 4.78 is 13.8. The fourth-order valence-corrected chi connectivity index (χ4v) is 2.27. The van der Waals surface area contributed by atoms with Gasteiger partial charge in [-0.25, -0.2) is 9.18 Å². The predicted molar refractivity (Wildman–Crippen MR) is 76.1 cm³/mol. The third kappa shape index (κ3) is 4.09. The van der Waals surface area contributed by atoms with Crippen LogP contribution in [0.2, 0.25) is 0 Å². The molecule has 0 radical (unpaired) electrons. The molecule has 1 atom stereocenters. The van der Waals surface area contributed by atoms with E-state index < -0.39 is 28.0 Å². The Morgan fingerprint density at radius 1 is 1.60 bits per heavy atom. The first-order chi connectivity index (χ1) is 9.36. The van der Waals surface area contributed by atoms with Gasteiger partial charge in [0.05, 0.1) is 16.7 Å². The molecule has 1 aromatic rings. The topological polar surface area (TPSA) is 92.5 Å². The van der Waals surface area contributed by atoms with Gasteiger partial charge in [0.1, 0.15) is 5.56 Å². The molecule has 1 aromatic carbocycles. The van der Waals surface area contributed by atoms with Crippen molar-refractivity contribution in [3.05, 3.63) is 33.6 Å². The van der Waals surface area contributed by atoms with E-state index in [0.29, 0.717) is 6.07 Å². The number of hydrogen-bond donors (Lipinski definition) is 2. The second-order valence-corrected chi connectivity index (χ2v) is 5.44. The molecule has 110 valence electrons. The molecule has 2 N–H and O–H groups in total. The highest BCUT2D eigenvalue weighted by atomic mass is 32.2. The van der Waals surface area contributed by atoms with Gasteiger partial charge in [0.2, 0.25) is 0 Å². The van der Waals surface area contributed by atoms with Gasteiger partial charge in [-0.05, 0) is 18.7 Å². The number of carboxylic acids is 1. The van der Waals surface area contributed by atoms with Gasteiger partial charge < -0.3 is 10.4 Å². The molecule has 0 aliphatic carbocycles. The number of nitrogens with zero attached hydrogens (tertiary/aromatic N) is 1. The second kappa shape index (κ2) is 7.09. The fraction of sp³-hybridized carbons (Fsp3) is 0.417. The van der Waals surface area contributed by atoms with E-state index in [1.807, 2.05) is 13.8 Å². The van der Waals surface area contributed by atoms with Crippen LogP contribution in [0.25, 0.3) is 0 Å². The van der Waals surface area contributed by atoms with Gasteiger partial charge in [0.25, 0.3) is 5.69 Å². The Hall–Kier alpha value is -1.83. The number of hydrogen-bond acceptors (Lipinski definition) is 5. The minimum Gasteiger partial charge on any atom is -0.477 e. The first kappa shape index (κ1) is 16.2. The van der Waals surface area contributed by atoms with Gasteiger partial charge in [-0.2, -0.15) is 11.8 Å². The first-order valence-electron chi connectivity index (χ1n) is 5.92. The van der Waals surface area contributed by atoms with Crippen LogP contribution >= 0.6 is 11.8 Å². The van der Waals surface area contributed by atoms with E-state index in [1.165, 1.54) is 0 Å². The van der Waals surface area contributed by atoms with Crippen LogP contribution in [0.4, 0.5) is 15.8 Å². The Kier molecular flexibility index (Phi) is 5.75. The van der Waals surface area contributed by atoms with Crippen LogP contribution in [0.15, 0.2) is 12.1 Å². The van der Waals surface area contributed by atoms with Crippen LogP contribution in [-0.4, -0.2) is 33.5 Å². The number of thioether (sulfide) groups is 1. The van der Waals surface area contributed by atoms with E-state index >= 15 is 0 Å². The third-order valence-corrected chi connectivity index (χ3v) is 3.63. The molecule has 1 unspecified atom stereocenters. The second-order valence-electron chi connectivity index (χ2n) is 4.12. The van der Waals surface area contributed by atoms with Crippen molar-refractivity contribution in [1.29, 1.82) is 0 Å². The largest absolute Gasteiger partial charge is 0.477 e. The lowest BCUT2D eigenvalue weighted by Gasteiger charge is -2.15. The number of aromatic carboxylic acids is 1. The standard InChI is InChI=1S/C12H15FN2O4S/c1-3-20-6-7(2)14-10-4-8(12(16)17)11(15(18)19)5-9(10)13/h4-5,7,14H,3,6H2,1-2H3,(H,16,17). The maximum absolute atomic E-state index is 13.8. The molecule has 0 heterocycles. The van der Waals surface area contributed by atoms with Crippen LogP contribution in [-0.2, 0) is 0 Å². The van der Waals surface area contributed by atoms with Gasteiger partial charge >= 0.3 is 5.97 Å². The highest BCUT2D eigenvalue weighted by Gasteiger charge is 2.23. The molecule has 6 nitrogen and oxygen atoms in total. The van der Waals surface area contributed by atoms with E-state index in [0.717, 1.165) is 17.6 Å². The number of nitro benzene ring substituents is 1. The van der Waals surface area contributed by atoms with Crippen molar-refractivity contribution in [2.75, 3.05) is 16.8 Å². The van der Waals surface area contributed by atoms with Crippen molar-refractivity contribution in [2.45, 2.75) is 19.9 Å². The van der Waals surface area contributed by atoms with Crippen molar-refractivity contribution in [3.8, 4) is 0 Å². The Bertz CT molecular complexity index is 524. The predicted octanol–water partition coefficient (Wildman–Crippen LogP) is 2.99. The summed E-state index contributed by atoms with van der Waals surface area (Å²) >= 11 is 1.65. The van der Waals surface area contributed by atoms with E-state index in [1.54, 1.807) is 11.8 Å². The monoisotopic (exact) mass is 302 g/mol. The zero-order valence-electron chi connectivity index (χ0n) is 11.1. The van der Waals surface area contributed by atoms with Crippen LogP contribution in [0.5, 0.6) is 0 Å². The number of anilines is 1. The minimum absolute atomic E-state index is 0.0443. The van der Waals surface area contributed by atoms with Gasteiger partial charge in [0, 0.05) is 11.8 Å². The smallest absolute Gasteiger partial charge is 0.342 e. The lowest BCUT2D eigenvalue weighted by Crippen LogP contribution is -2.19. The van der Waals surface area contributed by atoms with Crippen molar-refractivity contribution in [1.82, 2.24) is 0 Å². The molecule has 0 aromatic heterocycles. The van der Waals surface area contributed by atoms with E-state index in [4.69, 9.17) is 5.11 Å². The number of carboxylic acid groups (broad SMARTS) is 1. The van der Waals surface area contributed by atoms with Gasteiger partial charge in [-0.1, -0.05) is 6.92 Å². The summed E-state index contributed by atoms with van der Waals surface area (Å²) in [6.45, 7) is 3.82. The summed E-state index contributed by atoms with van der Waals surface area (Å²) in [7, 11) is 0. The van der Waals surface area contributed by atoms with Crippen LogP contribution in [0, 0.1) is 15.9 Å². The summed E-state index contributed by atoms with van der Waals surface area (Å²) in [5.74, 6) is -0.671. The molecular weight excluding hydrogens is 287 g/mol. The molecule has 0 aliphatic rings. The Morgan fingerprint density at radius 3 is 2.75 bits per heavy atom. The molecule has 8 heteroatoms. The molecule has 0 saturated heterocycles. The van der Waals surface area contributed by atoms with Gasteiger partial charge in [0.15, 0.2) is 5.82 Å². The number of benzene rings is 1. The van der Waals surface area contributed by atoms with Crippen molar-refractivity contribution in [3.63, 3.8) is 0 Å². The molecule has 1 rings (SSSR count). The fourth-order valence-electron chi connectivity index (χ4n) is 1.60. The molecule has 0 amide bonds. The molecule has 0 spiro atoms. The third-order valence-electron chi connectivity index (χ3n) is 2.49. The number of nitro groups is 1. The number of rotatable bonds is 7. The average Bonchev–Trinajstić information content (AvgIpc) is 2.37. The quantitative estimate of drug-likeness (QED) is 0.594. The van der Waals surface area contributed by atoms with Crippen LogP contribution in [0.1, 0.15) is 24.2 Å². The minimum atomic E-state index is -1.46. The number of carbonyl (C=O) groups is 1. The lowest BCUT2D eigenvalue weighted by molar-refractivity contribution is -0.385. The molecule has 20 heavy (non-hydrogen) atoms. The summed E-state index contributed by atoms with van der Waals surface area (Å²) in [5.41, 5.74) is -1.33. The Morgan fingerprint density at radius 2 is 2.25 bits per heavy atom. The highest BCUT2D eigenvalue weighted by Crippen LogP contribution is 2.27. The highest BCUT2D eigenvalue weighted by molar-refractivity contribution is 7.99. The van der Waals surface area contributed by atoms with Gasteiger partial charge in [-0.3, -0.25) is 10.1 Å². The maximum atomic E-state index is 13.8. The van der Waals surface area contributed by atoms with Gasteiger partial charge in [-0.15, -0.1) is 0 Å². The molecule has 0 saturated carbocycles. The Balaban J connectivity index is 3.06. The molecule has 0 bridgehead atoms. The average molecular weight is 302 g/mol. The van der Waals surface area contributed by atoms with E-state index in [2.05, 4.69) is 5.32 Å². The zero-order chi connectivity index (χ0) is 15.3. The molecule has 0 fully saturated rings. The molecular formula is C12H15FN2O4S. The summed E-state index contributed by atoms with van der Waals surface area (Å²) in [6, 6.07) is 1.51. The number of nitrogens with one attached hydrogen (secondary N) is 1.